The van der Waals surface area contributed by atoms with Crippen molar-refractivity contribution in [2.75, 3.05) is 0 Å². The summed E-state index contributed by atoms with van der Waals surface area (Å²) in [6.45, 7) is 0. The first-order valence-electron chi connectivity index (χ1n) is 1.48. The second kappa shape index (κ2) is 3.57. The minimum atomic E-state index is 0.234. The van der Waals surface area contributed by atoms with Crippen molar-refractivity contribution in [3.05, 3.63) is 10.6 Å². The van der Waals surface area contributed by atoms with Crippen LogP contribution < -0.4 is 0 Å². The van der Waals surface area contributed by atoms with Crippen molar-refractivity contribution >= 4 is 31.0 Å². The summed E-state index contributed by atoms with van der Waals surface area (Å²) in [7, 11) is 4.98. The van der Waals surface area contributed by atoms with Crippen LogP contribution >= 0.6 is 23.2 Å². The Morgan fingerprint density at radius 1 is 1.67 bits per heavy atom. The largest absolute Gasteiger partial charge is 0.102 e. The number of hydrogen-bond donors (Lipinski definition) is 0. The quantitative estimate of drug-likeness (QED) is 0.464. The molecule has 0 N–H and O–H groups in total. The molecule has 3 heteroatoms. The summed E-state index contributed by atoms with van der Waals surface area (Å²) >= 11 is 10.2. The van der Waals surface area contributed by atoms with E-state index in [2.05, 4.69) is 0 Å². The molecule has 0 bridgehead atoms. The molecular formula is C3H3BCl2. The van der Waals surface area contributed by atoms with Crippen LogP contribution in [0.1, 0.15) is 0 Å². The maximum Gasteiger partial charge on any atom is 0.102 e. The van der Waals surface area contributed by atoms with Gasteiger partial charge in [0.1, 0.15) is 4.49 Å². The van der Waals surface area contributed by atoms with Gasteiger partial charge in [0.2, 0.25) is 0 Å². The molecule has 0 aliphatic carbocycles. The first-order valence-corrected chi connectivity index (χ1v) is 2.24. The van der Waals surface area contributed by atoms with E-state index in [4.69, 9.17) is 31.0 Å². The molecule has 0 atom stereocenters. The molecule has 0 nitrogen and oxygen atoms in total. The summed E-state index contributed by atoms with van der Waals surface area (Å²) < 4.78 is 0.234. The average molecular weight is 121 g/mol. The zero-order valence-corrected chi connectivity index (χ0v) is 4.63. The molecule has 0 amide bonds. The van der Waals surface area contributed by atoms with Crippen LogP contribution in [0.2, 0.25) is 6.32 Å². The summed E-state index contributed by atoms with van der Waals surface area (Å²) in [6, 6.07) is 0. The molecule has 0 heterocycles. The first-order chi connectivity index (χ1) is 2.77. The molecule has 0 aliphatic heterocycles. The topological polar surface area (TPSA) is 0 Å². The number of rotatable bonds is 1. The lowest BCUT2D eigenvalue weighted by molar-refractivity contribution is 1.73. The lowest BCUT2D eigenvalue weighted by Gasteiger charge is -1.74. The van der Waals surface area contributed by atoms with Gasteiger partial charge in [0.25, 0.3) is 0 Å². The first kappa shape index (κ1) is 6.38. The molecule has 0 fully saturated rings. The molecular weight excluding hydrogens is 118 g/mol. The predicted molar refractivity (Wildman–Crippen MR) is 30.3 cm³/mol. The fourth-order valence-electron chi connectivity index (χ4n) is 0.0891. The third-order valence-corrected chi connectivity index (χ3v) is 0.581. The zero-order chi connectivity index (χ0) is 4.99. The van der Waals surface area contributed by atoms with Gasteiger partial charge in [-0.1, -0.05) is 35.6 Å². The molecule has 2 radical (unpaired) electrons. The Bertz CT molecular complexity index is 55.8. The number of allylic oxidation sites excluding steroid dienone is 1. The van der Waals surface area contributed by atoms with E-state index in [-0.39, 0.29) is 4.49 Å². The average Bonchev–Trinajstić information content (AvgIpc) is 1.35. The fraction of sp³-hybridized carbons (Fsp3) is 0.333. The van der Waals surface area contributed by atoms with Crippen molar-refractivity contribution in [2.45, 2.75) is 6.32 Å². The lowest BCUT2D eigenvalue weighted by atomic mass is 10.1. The van der Waals surface area contributed by atoms with Gasteiger partial charge in [-0.25, -0.2) is 0 Å². The lowest BCUT2D eigenvalue weighted by Crippen LogP contribution is -1.55. The monoisotopic (exact) mass is 120 g/mol. The van der Waals surface area contributed by atoms with Gasteiger partial charge in [0.05, 0.1) is 7.85 Å². The van der Waals surface area contributed by atoms with Crippen molar-refractivity contribution in [3.8, 4) is 0 Å². The molecule has 0 unspecified atom stereocenters. The summed E-state index contributed by atoms with van der Waals surface area (Å²) in [5, 5.41) is 0. The van der Waals surface area contributed by atoms with Gasteiger partial charge >= 0.3 is 0 Å². The van der Waals surface area contributed by atoms with Gasteiger partial charge in [-0.15, -0.1) is 0 Å². The highest BCUT2D eigenvalue weighted by molar-refractivity contribution is 6.56. The highest BCUT2D eigenvalue weighted by Gasteiger charge is 1.73. The molecule has 0 aromatic rings. The van der Waals surface area contributed by atoms with Gasteiger partial charge in [-0.05, 0) is 0 Å². The molecule has 32 valence electrons. The predicted octanol–water partition coefficient (Wildman–Crippen LogP) is 1.89. The van der Waals surface area contributed by atoms with Crippen LogP contribution in [0.5, 0.6) is 0 Å². The van der Waals surface area contributed by atoms with E-state index < -0.39 is 0 Å². The van der Waals surface area contributed by atoms with Crippen molar-refractivity contribution in [3.63, 3.8) is 0 Å². The van der Waals surface area contributed by atoms with Gasteiger partial charge in [0, 0.05) is 0 Å². The van der Waals surface area contributed by atoms with E-state index in [1.807, 2.05) is 0 Å². The van der Waals surface area contributed by atoms with Crippen LogP contribution in [0, 0.1) is 0 Å². The van der Waals surface area contributed by atoms with Crippen molar-refractivity contribution in [2.24, 2.45) is 0 Å². The Labute approximate surface area is 48.5 Å². The Hall–Kier alpha value is 0.385. The van der Waals surface area contributed by atoms with E-state index in [1.54, 1.807) is 0 Å². The zero-order valence-electron chi connectivity index (χ0n) is 3.12. The highest BCUT2D eigenvalue weighted by atomic mass is 35.5. The van der Waals surface area contributed by atoms with E-state index >= 15 is 0 Å². The van der Waals surface area contributed by atoms with E-state index in [1.165, 1.54) is 6.08 Å². The maximum atomic E-state index is 5.12. The highest BCUT2D eigenvalue weighted by Crippen LogP contribution is 2.05. The summed E-state index contributed by atoms with van der Waals surface area (Å²) in [6.07, 6.45) is 1.92. The Balaban J connectivity index is 3.14. The molecule has 0 rings (SSSR count). The van der Waals surface area contributed by atoms with Crippen molar-refractivity contribution in [1.82, 2.24) is 0 Å². The molecule has 0 saturated heterocycles. The molecule has 0 saturated carbocycles. The second-order valence-corrected chi connectivity index (χ2v) is 1.74. The van der Waals surface area contributed by atoms with Crippen LogP contribution in [0.15, 0.2) is 10.6 Å². The molecule has 0 aromatic heterocycles. The van der Waals surface area contributed by atoms with Crippen molar-refractivity contribution in [1.29, 1.82) is 0 Å². The van der Waals surface area contributed by atoms with Crippen LogP contribution in [-0.2, 0) is 0 Å². The van der Waals surface area contributed by atoms with Gasteiger partial charge < -0.3 is 0 Å². The van der Waals surface area contributed by atoms with Gasteiger partial charge in [-0.3, -0.25) is 0 Å². The molecule has 0 aliphatic rings. The van der Waals surface area contributed by atoms with E-state index in [9.17, 15) is 0 Å². The molecule has 0 spiro atoms. The minimum absolute atomic E-state index is 0.234. The molecule has 0 aromatic carbocycles. The van der Waals surface area contributed by atoms with Gasteiger partial charge in [-0.2, -0.15) is 0 Å². The number of halogens is 2. The smallest absolute Gasteiger partial charge is 0.0713 e. The molecule has 6 heavy (non-hydrogen) atoms. The van der Waals surface area contributed by atoms with Crippen LogP contribution in [-0.4, -0.2) is 7.85 Å². The standard InChI is InChI=1S/C3H3BCl2/c4-2-1-3(5)6/h1H,2H2. The fourth-order valence-corrected chi connectivity index (χ4v) is 0.267. The van der Waals surface area contributed by atoms with Crippen LogP contribution in [0.3, 0.4) is 0 Å². The summed E-state index contributed by atoms with van der Waals surface area (Å²) in [5.74, 6) is 0. The maximum absolute atomic E-state index is 5.12. The third kappa shape index (κ3) is 4.38. The minimum Gasteiger partial charge on any atom is -0.0713 e. The second-order valence-electron chi connectivity index (χ2n) is 0.729. The Morgan fingerprint density at radius 3 is 2.17 bits per heavy atom. The van der Waals surface area contributed by atoms with E-state index in [0.29, 0.717) is 6.32 Å². The van der Waals surface area contributed by atoms with Crippen LogP contribution in [0.25, 0.3) is 0 Å². The van der Waals surface area contributed by atoms with Crippen LogP contribution in [0.4, 0.5) is 0 Å². The normalized spacial score (nSPS) is 7.67. The van der Waals surface area contributed by atoms with Crippen molar-refractivity contribution < 1.29 is 0 Å². The van der Waals surface area contributed by atoms with E-state index in [0.717, 1.165) is 0 Å². The number of hydrogen-bond acceptors (Lipinski definition) is 0. The Morgan fingerprint density at radius 2 is 2.17 bits per heavy atom. The summed E-state index contributed by atoms with van der Waals surface area (Å²) in [5.41, 5.74) is 0. The third-order valence-electron chi connectivity index (χ3n) is 0.272. The van der Waals surface area contributed by atoms with Gasteiger partial charge in [0.15, 0.2) is 0 Å². The Kier molecular flexibility index (Phi) is 3.80. The SMILES string of the molecule is [B]CC=C(Cl)Cl. The summed E-state index contributed by atoms with van der Waals surface area (Å²) in [4.78, 5) is 0.